The molecule has 0 aliphatic heterocycles. The molecule has 0 fully saturated rings. The number of nitrogens with two attached hydrogens (primary N) is 1. The maximum Gasteiger partial charge on any atom is 0.416 e. The molecule has 1 aromatic rings. The molecule has 0 aliphatic carbocycles. The number of carbonyl (C=O) groups is 1. The first-order valence-corrected chi connectivity index (χ1v) is 5.85. The molecule has 5 heteroatoms. The van der Waals surface area contributed by atoms with E-state index in [4.69, 9.17) is 5.73 Å². The molecule has 2 nitrogen and oxygen atoms in total. The molecule has 0 heterocycles. The minimum atomic E-state index is -4.41. The van der Waals surface area contributed by atoms with Gasteiger partial charge in [-0.3, -0.25) is 4.79 Å². The lowest BCUT2D eigenvalue weighted by molar-refractivity contribution is -0.137. The second-order valence-corrected chi connectivity index (χ2v) is 4.10. The Hall–Kier alpha value is -1.36. The van der Waals surface area contributed by atoms with E-state index in [-0.39, 0.29) is 17.8 Å². The van der Waals surface area contributed by atoms with Gasteiger partial charge < -0.3 is 5.73 Å². The Morgan fingerprint density at radius 3 is 2.50 bits per heavy atom. The maximum absolute atomic E-state index is 12.5. The fourth-order valence-electron chi connectivity index (χ4n) is 1.62. The molecule has 0 saturated carbocycles. The lowest BCUT2D eigenvalue weighted by Crippen LogP contribution is -2.07. The number of benzene rings is 1. The molecule has 1 rings (SSSR count). The fraction of sp³-hybridized carbons (Fsp3) is 0.462. The van der Waals surface area contributed by atoms with E-state index in [0.29, 0.717) is 13.0 Å². The van der Waals surface area contributed by atoms with E-state index in [0.717, 1.165) is 25.0 Å². The van der Waals surface area contributed by atoms with Crippen LogP contribution in [0.15, 0.2) is 24.3 Å². The summed E-state index contributed by atoms with van der Waals surface area (Å²) in [6, 6.07) is 4.55. The summed E-state index contributed by atoms with van der Waals surface area (Å²) in [5.74, 6) is -0.252. The van der Waals surface area contributed by atoms with Crippen molar-refractivity contribution in [2.24, 2.45) is 5.73 Å². The van der Waals surface area contributed by atoms with Gasteiger partial charge in [0.2, 0.25) is 0 Å². The Bertz CT molecular complexity index is 401. The number of halogens is 3. The smallest absolute Gasteiger partial charge is 0.330 e. The average Bonchev–Trinajstić information content (AvgIpc) is 2.33. The maximum atomic E-state index is 12.5. The highest BCUT2D eigenvalue weighted by molar-refractivity contribution is 5.96. The SMILES string of the molecule is NCCCCCC(=O)c1cccc(C(F)(F)F)c1. The number of alkyl halides is 3. The van der Waals surface area contributed by atoms with Crippen molar-refractivity contribution in [3.8, 4) is 0 Å². The van der Waals surface area contributed by atoms with Crippen LogP contribution in [0, 0.1) is 0 Å². The van der Waals surface area contributed by atoms with Crippen molar-refractivity contribution in [3.63, 3.8) is 0 Å². The van der Waals surface area contributed by atoms with Crippen LogP contribution in [0.5, 0.6) is 0 Å². The van der Waals surface area contributed by atoms with E-state index in [2.05, 4.69) is 0 Å². The molecule has 1 aromatic carbocycles. The van der Waals surface area contributed by atoms with Crippen molar-refractivity contribution >= 4 is 5.78 Å². The highest BCUT2D eigenvalue weighted by Gasteiger charge is 2.30. The number of hydrogen-bond acceptors (Lipinski definition) is 2. The van der Waals surface area contributed by atoms with Crippen molar-refractivity contribution < 1.29 is 18.0 Å². The second kappa shape index (κ2) is 6.54. The van der Waals surface area contributed by atoms with E-state index in [9.17, 15) is 18.0 Å². The summed E-state index contributed by atoms with van der Waals surface area (Å²) in [7, 11) is 0. The summed E-state index contributed by atoms with van der Waals surface area (Å²) in [4.78, 5) is 11.7. The third-order valence-corrected chi connectivity index (χ3v) is 2.62. The van der Waals surface area contributed by atoms with Crippen molar-refractivity contribution in [1.82, 2.24) is 0 Å². The van der Waals surface area contributed by atoms with Gasteiger partial charge in [-0.1, -0.05) is 18.6 Å². The summed E-state index contributed by atoms with van der Waals surface area (Å²) in [6.07, 6.45) is -1.83. The van der Waals surface area contributed by atoms with Gasteiger partial charge in [0.25, 0.3) is 0 Å². The minimum absolute atomic E-state index is 0.123. The van der Waals surface area contributed by atoms with Gasteiger partial charge in [0.15, 0.2) is 5.78 Å². The van der Waals surface area contributed by atoms with Crippen molar-refractivity contribution in [3.05, 3.63) is 35.4 Å². The van der Waals surface area contributed by atoms with Crippen molar-refractivity contribution in [2.45, 2.75) is 31.9 Å². The van der Waals surface area contributed by atoms with Gasteiger partial charge >= 0.3 is 6.18 Å². The molecule has 0 aliphatic rings. The molecule has 0 bridgehead atoms. The molecule has 0 aromatic heterocycles. The van der Waals surface area contributed by atoms with Crippen molar-refractivity contribution in [2.75, 3.05) is 6.54 Å². The van der Waals surface area contributed by atoms with E-state index in [1.54, 1.807) is 0 Å². The van der Waals surface area contributed by atoms with Crippen LogP contribution in [0.1, 0.15) is 41.6 Å². The van der Waals surface area contributed by atoms with Gasteiger partial charge in [-0.05, 0) is 31.5 Å². The summed E-state index contributed by atoms with van der Waals surface area (Å²) >= 11 is 0. The summed E-state index contributed by atoms with van der Waals surface area (Å²) in [6.45, 7) is 0.567. The van der Waals surface area contributed by atoms with Gasteiger partial charge in [0.1, 0.15) is 0 Å². The van der Waals surface area contributed by atoms with Gasteiger partial charge in [-0.25, -0.2) is 0 Å². The highest BCUT2D eigenvalue weighted by Crippen LogP contribution is 2.29. The predicted octanol–water partition coefficient (Wildman–Crippen LogP) is 3.41. The molecule has 0 atom stereocenters. The lowest BCUT2D eigenvalue weighted by atomic mass is 10.0. The van der Waals surface area contributed by atoms with E-state index in [1.807, 2.05) is 0 Å². The van der Waals surface area contributed by atoms with Crippen LogP contribution >= 0.6 is 0 Å². The first-order chi connectivity index (χ1) is 8.45. The van der Waals surface area contributed by atoms with Crippen LogP contribution < -0.4 is 5.73 Å². The summed E-state index contributed by atoms with van der Waals surface area (Å²) in [5.41, 5.74) is 4.65. The van der Waals surface area contributed by atoms with E-state index >= 15 is 0 Å². The van der Waals surface area contributed by atoms with Crippen LogP contribution in [0.3, 0.4) is 0 Å². The molecular formula is C13H16F3NO. The number of Topliss-reactive ketones (excluding diaryl/α,β-unsaturated/α-hetero) is 1. The third kappa shape index (κ3) is 4.49. The molecule has 100 valence electrons. The number of ketones is 1. The Balaban J connectivity index is 2.63. The van der Waals surface area contributed by atoms with Gasteiger partial charge in [0.05, 0.1) is 5.56 Å². The number of carbonyl (C=O) groups excluding carboxylic acids is 1. The van der Waals surface area contributed by atoms with E-state index in [1.165, 1.54) is 12.1 Å². The molecular weight excluding hydrogens is 243 g/mol. The summed E-state index contributed by atoms with van der Waals surface area (Å²) < 4.78 is 37.4. The Morgan fingerprint density at radius 2 is 1.89 bits per heavy atom. The van der Waals surface area contributed by atoms with Gasteiger partial charge in [0, 0.05) is 12.0 Å². The Morgan fingerprint density at radius 1 is 1.17 bits per heavy atom. The molecule has 0 saturated heterocycles. The zero-order valence-electron chi connectivity index (χ0n) is 9.96. The predicted molar refractivity (Wildman–Crippen MR) is 63.3 cm³/mol. The number of unbranched alkanes of at least 4 members (excludes halogenated alkanes) is 2. The first kappa shape index (κ1) is 14.7. The molecule has 18 heavy (non-hydrogen) atoms. The van der Waals surface area contributed by atoms with Gasteiger partial charge in [-0.15, -0.1) is 0 Å². The number of rotatable bonds is 6. The largest absolute Gasteiger partial charge is 0.416 e. The standard InChI is InChI=1S/C13H16F3NO/c14-13(15,16)11-6-4-5-10(9-11)12(18)7-2-1-3-8-17/h4-6,9H,1-3,7-8,17H2. The minimum Gasteiger partial charge on any atom is -0.330 e. The van der Waals surface area contributed by atoms with Gasteiger partial charge in [-0.2, -0.15) is 13.2 Å². The highest BCUT2D eigenvalue weighted by atomic mass is 19.4. The number of hydrogen-bond donors (Lipinski definition) is 1. The van der Waals surface area contributed by atoms with Crippen LogP contribution in [-0.2, 0) is 6.18 Å². The summed E-state index contributed by atoms with van der Waals surface area (Å²) in [5, 5.41) is 0. The molecule has 0 unspecified atom stereocenters. The van der Waals surface area contributed by atoms with Crippen LogP contribution in [0.25, 0.3) is 0 Å². The third-order valence-electron chi connectivity index (χ3n) is 2.62. The van der Waals surface area contributed by atoms with E-state index < -0.39 is 11.7 Å². The first-order valence-electron chi connectivity index (χ1n) is 5.85. The molecule has 2 N–H and O–H groups in total. The zero-order valence-corrected chi connectivity index (χ0v) is 9.96. The lowest BCUT2D eigenvalue weighted by Gasteiger charge is -2.08. The Kier molecular flexibility index (Phi) is 5.34. The average molecular weight is 259 g/mol. The molecule has 0 radical (unpaired) electrons. The van der Waals surface area contributed by atoms with Crippen LogP contribution in [0.2, 0.25) is 0 Å². The van der Waals surface area contributed by atoms with Crippen molar-refractivity contribution in [1.29, 1.82) is 0 Å². The van der Waals surface area contributed by atoms with Crippen LogP contribution in [-0.4, -0.2) is 12.3 Å². The zero-order chi connectivity index (χ0) is 13.6. The topological polar surface area (TPSA) is 43.1 Å². The van der Waals surface area contributed by atoms with Crippen LogP contribution in [0.4, 0.5) is 13.2 Å². The second-order valence-electron chi connectivity index (χ2n) is 4.10. The Labute approximate surface area is 104 Å². The normalized spacial score (nSPS) is 11.6. The fourth-order valence-corrected chi connectivity index (χ4v) is 1.62. The molecule has 0 amide bonds. The molecule has 0 spiro atoms. The quantitative estimate of drug-likeness (QED) is 0.628. The monoisotopic (exact) mass is 259 g/mol.